The first-order chi connectivity index (χ1) is 7.31. The minimum atomic E-state index is -3.10. The highest BCUT2D eigenvalue weighted by Gasteiger charge is 2.31. The maximum absolute atomic E-state index is 11.3. The van der Waals surface area contributed by atoms with Crippen LogP contribution in [0.25, 0.3) is 0 Å². The summed E-state index contributed by atoms with van der Waals surface area (Å²) >= 11 is 0. The van der Waals surface area contributed by atoms with E-state index in [1.54, 1.807) is 0 Å². The lowest BCUT2D eigenvalue weighted by atomic mass is 10.0. The van der Waals surface area contributed by atoms with Crippen molar-refractivity contribution in [3.05, 3.63) is 0 Å². The predicted molar refractivity (Wildman–Crippen MR) is 60.8 cm³/mol. The zero-order chi connectivity index (χ0) is 12.2. The molecule has 2 N–H and O–H groups in total. The summed E-state index contributed by atoms with van der Waals surface area (Å²) in [6.07, 6.45) is 4.45. The number of nitrogens with one attached hydrogen (secondary N) is 1. The number of hydrogen-bond acceptors (Lipinski definition) is 4. The Morgan fingerprint density at radius 2 is 1.94 bits per heavy atom. The number of hydrogen-bond donors (Lipinski definition) is 2. The monoisotopic (exact) mass is 249 g/mol. The summed E-state index contributed by atoms with van der Waals surface area (Å²) in [5.74, 6) is -0.456. The molecule has 0 bridgehead atoms. The fraction of sp³-hybridized carbons (Fsp3) is 0.900. The highest BCUT2D eigenvalue weighted by Crippen LogP contribution is 2.28. The summed E-state index contributed by atoms with van der Waals surface area (Å²) in [5.41, 5.74) is -0.777. The van der Waals surface area contributed by atoms with Crippen molar-refractivity contribution >= 4 is 15.7 Å². The Hall–Kier alpha value is -0.620. The maximum atomic E-state index is 11.3. The molecule has 0 spiro atoms. The van der Waals surface area contributed by atoms with Crippen molar-refractivity contribution in [3.8, 4) is 0 Å². The molecule has 1 aliphatic carbocycles. The van der Waals surface area contributed by atoms with Crippen LogP contribution in [-0.4, -0.2) is 43.6 Å². The van der Waals surface area contributed by atoms with Crippen LogP contribution in [0.5, 0.6) is 0 Å². The zero-order valence-electron chi connectivity index (χ0n) is 9.53. The number of carbonyl (C=O) groups excluding carboxylic acids is 1. The number of rotatable bonds is 5. The van der Waals surface area contributed by atoms with E-state index in [9.17, 15) is 18.3 Å². The molecule has 0 aromatic heterocycles. The lowest BCUT2D eigenvalue weighted by molar-refractivity contribution is -0.121. The van der Waals surface area contributed by atoms with E-state index in [0.717, 1.165) is 19.1 Å². The van der Waals surface area contributed by atoms with Gasteiger partial charge >= 0.3 is 0 Å². The summed E-state index contributed by atoms with van der Waals surface area (Å²) in [6.45, 7) is 0.232. The van der Waals surface area contributed by atoms with E-state index in [2.05, 4.69) is 5.32 Å². The Kier molecular flexibility index (Phi) is 4.32. The van der Waals surface area contributed by atoms with E-state index in [0.29, 0.717) is 12.8 Å². The van der Waals surface area contributed by atoms with Gasteiger partial charge in [-0.2, -0.15) is 0 Å². The zero-order valence-corrected chi connectivity index (χ0v) is 10.3. The van der Waals surface area contributed by atoms with Gasteiger partial charge in [-0.25, -0.2) is 8.42 Å². The van der Waals surface area contributed by atoms with Crippen molar-refractivity contribution in [1.29, 1.82) is 0 Å². The molecule has 0 aromatic rings. The Morgan fingerprint density at radius 1 is 1.38 bits per heavy atom. The SMILES string of the molecule is CS(=O)(=O)CCC(=O)NCC1(O)CCCC1. The minimum absolute atomic E-state index is 0.0328. The van der Waals surface area contributed by atoms with Gasteiger partial charge in [-0.15, -0.1) is 0 Å². The molecule has 6 heteroatoms. The van der Waals surface area contributed by atoms with E-state index in [1.807, 2.05) is 0 Å². The Balaban J connectivity index is 2.25. The molecule has 0 radical (unpaired) electrons. The first-order valence-corrected chi connectivity index (χ1v) is 7.54. The van der Waals surface area contributed by atoms with E-state index in [-0.39, 0.29) is 24.6 Å². The van der Waals surface area contributed by atoms with Crippen molar-refractivity contribution in [2.24, 2.45) is 0 Å². The van der Waals surface area contributed by atoms with Crippen LogP contribution in [0.4, 0.5) is 0 Å². The van der Waals surface area contributed by atoms with Crippen LogP contribution in [-0.2, 0) is 14.6 Å². The molecular formula is C10H19NO4S. The predicted octanol–water partition coefficient (Wildman–Crippen LogP) is -0.158. The average Bonchev–Trinajstić information content (AvgIpc) is 2.59. The van der Waals surface area contributed by atoms with Crippen LogP contribution in [0, 0.1) is 0 Å². The van der Waals surface area contributed by atoms with Crippen molar-refractivity contribution in [2.45, 2.75) is 37.7 Å². The highest BCUT2D eigenvalue weighted by atomic mass is 32.2. The third-order valence-electron chi connectivity index (χ3n) is 2.85. The first kappa shape index (κ1) is 13.4. The van der Waals surface area contributed by atoms with Crippen LogP contribution >= 0.6 is 0 Å². The van der Waals surface area contributed by atoms with E-state index < -0.39 is 15.4 Å². The van der Waals surface area contributed by atoms with E-state index >= 15 is 0 Å². The third kappa shape index (κ3) is 4.94. The van der Waals surface area contributed by atoms with Gasteiger partial charge in [0.15, 0.2) is 0 Å². The van der Waals surface area contributed by atoms with Gasteiger partial charge in [-0.05, 0) is 12.8 Å². The fourth-order valence-corrected chi connectivity index (χ4v) is 2.40. The summed E-state index contributed by atoms with van der Waals surface area (Å²) in [5, 5.41) is 12.5. The topological polar surface area (TPSA) is 83.5 Å². The standard InChI is InChI=1S/C10H19NO4S/c1-16(14,15)7-4-9(12)11-8-10(13)5-2-3-6-10/h13H,2-8H2,1H3,(H,11,12). The molecule has 0 aromatic carbocycles. The molecule has 1 fully saturated rings. The molecule has 0 heterocycles. The lowest BCUT2D eigenvalue weighted by Gasteiger charge is -2.22. The second kappa shape index (κ2) is 5.14. The number of aliphatic hydroxyl groups is 1. The van der Waals surface area contributed by atoms with Crippen LogP contribution in [0.2, 0.25) is 0 Å². The van der Waals surface area contributed by atoms with Gasteiger partial charge in [0.05, 0.1) is 11.4 Å². The first-order valence-electron chi connectivity index (χ1n) is 5.48. The lowest BCUT2D eigenvalue weighted by Crippen LogP contribution is -2.41. The molecular weight excluding hydrogens is 230 g/mol. The van der Waals surface area contributed by atoms with E-state index in [4.69, 9.17) is 0 Å². The van der Waals surface area contributed by atoms with Gasteiger partial charge in [0.2, 0.25) is 5.91 Å². The molecule has 1 amide bonds. The van der Waals surface area contributed by atoms with Crippen LogP contribution in [0.1, 0.15) is 32.1 Å². The van der Waals surface area contributed by atoms with E-state index in [1.165, 1.54) is 0 Å². The maximum Gasteiger partial charge on any atom is 0.221 e. The molecule has 94 valence electrons. The number of carbonyl (C=O) groups is 1. The van der Waals surface area contributed by atoms with Crippen LogP contribution < -0.4 is 5.32 Å². The smallest absolute Gasteiger partial charge is 0.221 e. The summed E-state index contributed by atoms with van der Waals surface area (Å²) in [7, 11) is -3.10. The minimum Gasteiger partial charge on any atom is -0.388 e. The molecule has 0 atom stereocenters. The largest absolute Gasteiger partial charge is 0.388 e. The molecule has 0 unspecified atom stereocenters. The van der Waals surface area contributed by atoms with Gasteiger partial charge in [-0.1, -0.05) is 12.8 Å². The quantitative estimate of drug-likeness (QED) is 0.709. The van der Waals surface area contributed by atoms with Crippen molar-refractivity contribution in [2.75, 3.05) is 18.6 Å². The van der Waals surface area contributed by atoms with Gasteiger partial charge in [0.1, 0.15) is 9.84 Å². The third-order valence-corrected chi connectivity index (χ3v) is 3.79. The van der Waals surface area contributed by atoms with Gasteiger partial charge in [-0.3, -0.25) is 4.79 Å². The average molecular weight is 249 g/mol. The normalized spacial score (nSPS) is 19.6. The van der Waals surface area contributed by atoms with Crippen LogP contribution in [0.15, 0.2) is 0 Å². The van der Waals surface area contributed by atoms with Crippen molar-refractivity contribution in [3.63, 3.8) is 0 Å². The summed E-state index contributed by atoms with van der Waals surface area (Å²) < 4.78 is 21.7. The van der Waals surface area contributed by atoms with Gasteiger partial charge < -0.3 is 10.4 Å². The van der Waals surface area contributed by atoms with Crippen LogP contribution in [0.3, 0.4) is 0 Å². The molecule has 1 saturated carbocycles. The summed E-state index contributed by atoms with van der Waals surface area (Å²) in [6, 6.07) is 0. The molecule has 1 rings (SSSR count). The second-order valence-corrected chi connectivity index (χ2v) is 6.85. The van der Waals surface area contributed by atoms with Crippen molar-refractivity contribution in [1.82, 2.24) is 5.32 Å². The second-order valence-electron chi connectivity index (χ2n) is 4.59. The fourth-order valence-electron chi connectivity index (χ4n) is 1.84. The molecule has 5 nitrogen and oxygen atoms in total. The Morgan fingerprint density at radius 3 is 2.44 bits per heavy atom. The molecule has 1 aliphatic rings. The summed E-state index contributed by atoms with van der Waals surface area (Å²) in [4.78, 5) is 11.3. The highest BCUT2D eigenvalue weighted by molar-refractivity contribution is 7.90. The Bertz CT molecular complexity index is 344. The molecule has 0 saturated heterocycles. The molecule has 0 aliphatic heterocycles. The van der Waals surface area contributed by atoms with Gasteiger partial charge in [0.25, 0.3) is 0 Å². The number of sulfone groups is 1. The number of amides is 1. The van der Waals surface area contributed by atoms with Gasteiger partial charge in [0, 0.05) is 19.2 Å². The Labute approximate surface area is 96.1 Å². The molecule has 16 heavy (non-hydrogen) atoms. The van der Waals surface area contributed by atoms with Crippen molar-refractivity contribution < 1.29 is 18.3 Å².